The molecule has 1 aromatic rings. The molecule has 3 rings (SSSR count). The zero-order valence-corrected chi connectivity index (χ0v) is 27.5. The molecule has 1 saturated carbocycles. The van der Waals surface area contributed by atoms with Crippen LogP contribution in [0.25, 0.3) is 0 Å². The minimum Gasteiger partial charge on any atom is -0.374 e. The standard InChI is InChI=1S/C27H46N4O9P2/c1-8-37-42(34,38-9-2)18-14-27(12-13-27)24-22(40-41(36-17-10-15-28)31(19(3)4)20(5)6)23(35-7)25(39-24)30-16-11-21(32)29-26(30)33/h11,16,19-20,22-25H,8-10,12-14,17-18H2,1-7H3,(H,29,32,33)/t22?,23?,24-,25+,41?/m0/s1. The van der Waals surface area contributed by atoms with Crippen LogP contribution in [0, 0.1) is 16.7 Å². The normalized spacial score (nSPS) is 24.4. The second-order valence-electron chi connectivity index (χ2n) is 11.1. The number of aromatic nitrogens is 2. The number of ether oxygens (including phenoxy) is 2. The van der Waals surface area contributed by atoms with Crippen LogP contribution in [-0.4, -0.2) is 77.7 Å². The number of hydrogen-bond donors (Lipinski definition) is 1. The van der Waals surface area contributed by atoms with Crippen LogP contribution in [0.3, 0.4) is 0 Å². The van der Waals surface area contributed by atoms with Gasteiger partial charge in [0, 0.05) is 36.9 Å². The first-order valence-electron chi connectivity index (χ1n) is 14.6. The van der Waals surface area contributed by atoms with Gasteiger partial charge in [-0.3, -0.25) is 18.9 Å². The van der Waals surface area contributed by atoms with Gasteiger partial charge in [-0.05, 0) is 60.8 Å². The van der Waals surface area contributed by atoms with Gasteiger partial charge in [-0.25, -0.2) is 9.46 Å². The molecule has 0 spiro atoms. The Bertz CT molecular complexity index is 1190. The third kappa shape index (κ3) is 8.38. The Balaban J connectivity index is 2.02. The minimum atomic E-state index is -3.31. The Labute approximate surface area is 249 Å². The molecule has 2 fully saturated rings. The molecule has 0 bridgehead atoms. The lowest BCUT2D eigenvalue weighted by Crippen LogP contribution is -2.43. The summed E-state index contributed by atoms with van der Waals surface area (Å²) >= 11 is 0. The SMILES string of the molecule is CCOP(=O)(CCC1([C@H]2O[C@@H](n3ccc(=O)[nH]c3=O)C(OC)C2OP(OCCC#N)N(C(C)C)C(C)C)CC1)OCC. The molecule has 1 aliphatic heterocycles. The van der Waals surface area contributed by atoms with Gasteiger partial charge in [0.25, 0.3) is 14.1 Å². The summed E-state index contributed by atoms with van der Waals surface area (Å²) in [5, 5.41) is 9.15. The number of nitrogens with zero attached hydrogens (tertiary/aromatic N) is 3. The average Bonchev–Trinajstić information content (AvgIpc) is 3.62. The third-order valence-corrected chi connectivity index (χ3v) is 11.7. The molecule has 1 N–H and O–H groups in total. The van der Waals surface area contributed by atoms with Crippen LogP contribution in [0.2, 0.25) is 0 Å². The van der Waals surface area contributed by atoms with Crippen LogP contribution >= 0.6 is 16.1 Å². The molecular formula is C27H46N4O9P2. The molecule has 42 heavy (non-hydrogen) atoms. The van der Waals surface area contributed by atoms with Crippen molar-refractivity contribution in [2.24, 2.45) is 5.41 Å². The van der Waals surface area contributed by atoms with Gasteiger partial charge in [0.2, 0.25) is 0 Å². The van der Waals surface area contributed by atoms with Gasteiger partial charge in [-0.15, -0.1) is 0 Å². The number of methoxy groups -OCH3 is 1. The van der Waals surface area contributed by atoms with Gasteiger partial charge in [-0.2, -0.15) is 5.26 Å². The quantitative estimate of drug-likeness (QED) is 0.179. The van der Waals surface area contributed by atoms with Crippen LogP contribution in [-0.2, 0) is 32.1 Å². The fourth-order valence-electron chi connectivity index (χ4n) is 5.50. The van der Waals surface area contributed by atoms with Crippen LogP contribution in [0.1, 0.15) is 73.5 Å². The van der Waals surface area contributed by atoms with E-state index < -0.39 is 57.3 Å². The predicted molar refractivity (Wildman–Crippen MR) is 158 cm³/mol. The summed E-state index contributed by atoms with van der Waals surface area (Å²) in [4.78, 5) is 26.9. The van der Waals surface area contributed by atoms with E-state index in [1.165, 1.54) is 23.9 Å². The van der Waals surface area contributed by atoms with Gasteiger partial charge in [0.05, 0.1) is 44.6 Å². The number of nitriles is 1. The predicted octanol–water partition coefficient (Wildman–Crippen LogP) is 4.55. The van der Waals surface area contributed by atoms with E-state index in [9.17, 15) is 14.2 Å². The highest BCUT2D eigenvalue weighted by molar-refractivity contribution is 7.53. The zero-order valence-electron chi connectivity index (χ0n) is 25.7. The molecule has 15 heteroatoms. The Hall–Kier alpha value is -1.45. The van der Waals surface area contributed by atoms with E-state index in [0.29, 0.717) is 6.42 Å². The Morgan fingerprint density at radius 2 is 1.83 bits per heavy atom. The van der Waals surface area contributed by atoms with Crippen molar-refractivity contribution in [3.05, 3.63) is 33.1 Å². The number of aromatic amines is 1. The van der Waals surface area contributed by atoms with E-state index in [1.807, 2.05) is 27.7 Å². The molecule has 3 unspecified atom stereocenters. The van der Waals surface area contributed by atoms with E-state index in [1.54, 1.807) is 13.8 Å². The number of rotatable bonds is 18. The van der Waals surface area contributed by atoms with Crippen molar-refractivity contribution < 1.29 is 32.1 Å². The molecule has 1 aromatic heterocycles. The maximum absolute atomic E-state index is 13.4. The first-order chi connectivity index (χ1) is 20.0. The van der Waals surface area contributed by atoms with Crippen LogP contribution in [0.5, 0.6) is 0 Å². The third-order valence-electron chi connectivity index (χ3n) is 7.49. The molecule has 2 heterocycles. The summed E-state index contributed by atoms with van der Waals surface area (Å²) in [5.41, 5.74) is -1.58. The maximum atomic E-state index is 13.4. The Kier molecular flexibility index (Phi) is 12.9. The topological polar surface area (TPSA) is 154 Å². The molecule has 2 aliphatic rings. The minimum absolute atomic E-state index is 0.0655. The highest BCUT2D eigenvalue weighted by Crippen LogP contribution is 2.63. The number of H-pyrrole nitrogens is 1. The summed E-state index contributed by atoms with van der Waals surface area (Å²) < 4.78 is 53.5. The first-order valence-corrected chi connectivity index (χ1v) is 17.4. The van der Waals surface area contributed by atoms with Crippen molar-refractivity contribution in [3.8, 4) is 6.07 Å². The highest BCUT2D eigenvalue weighted by atomic mass is 31.2. The Morgan fingerprint density at radius 3 is 2.33 bits per heavy atom. The van der Waals surface area contributed by atoms with Crippen LogP contribution < -0.4 is 11.2 Å². The smallest absolute Gasteiger partial charge is 0.330 e. The summed E-state index contributed by atoms with van der Waals surface area (Å²) in [6.07, 6.45) is 0.956. The van der Waals surface area contributed by atoms with E-state index in [0.717, 1.165) is 12.8 Å². The van der Waals surface area contributed by atoms with E-state index in [-0.39, 0.29) is 44.5 Å². The lowest BCUT2D eigenvalue weighted by Gasteiger charge is -2.39. The summed E-state index contributed by atoms with van der Waals surface area (Å²) in [7, 11) is -3.47. The van der Waals surface area contributed by atoms with Gasteiger partial charge in [-0.1, -0.05) is 0 Å². The average molecular weight is 633 g/mol. The lowest BCUT2D eigenvalue weighted by molar-refractivity contribution is -0.0706. The van der Waals surface area contributed by atoms with Crippen molar-refractivity contribution in [2.75, 3.05) is 33.1 Å². The van der Waals surface area contributed by atoms with Crippen molar-refractivity contribution in [3.63, 3.8) is 0 Å². The fourth-order valence-corrected chi connectivity index (χ4v) is 9.09. The van der Waals surface area contributed by atoms with Crippen molar-refractivity contribution in [1.82, 2.24) is 14.2 Å². The summed E-state index contributed by atoms with van der Waals surface area (Å²) in [6, 6.07) is 3.50. The number of nitrogens with one attached hydrogen (secondary N) is 1. The molecule has 1 aliphatic carbocycles. The Morgan fingerprint density at radius 1 is 1.19 bits per heavy atom. The van der Waals surface area contributed by atoms with E-state index in [4.69, 9.17) is 32.8 Å². The molecule has 1 saturated heterocycles. The summed E-state index contributed by atoms with van der Waals surface area (Å²) in [6.45, 7) is 12.5. The number of hydrogen-bond acceptors (Lipinski definition) is 11. The molecule has 0 radical (unpaired) electrons. The van der Waals surface area contributed by atoms with E-state index >= 15 is 0 Å². The molecule has 238 valence electrons. The second kappa shape index (κ2) is 15.5. The van der Waals surface area contributed by atoms with Gasteiger partial charge >= 0.3 is 13.3 Å². The van der Waals surface area contributed by atoms with Crippen molar-refractivity contribution in [2.45, 2.75) is 104 Å². The molecule has 5 atom stereocenters. The molecule has 0 aromatic carbocycles. The maximum Gasteiger partial charge on any atom is 0.330 e. The van der Waals surface area contributed by atoms with Crippen LogP contribution in [0.4, 0.5) is 0 Å². The van der Waals surface area contributed by atoms with Gasteiger partial charge < -0.3 is 27.6 Å². The monoisotopic (exact) mass is 632 g/mol. The van der Waals surface area contributed by atoms with E-state index in [2.05, 4.69) is 15.7 Å². The highest BCUT2D eigenvalue weighted by Gasteiger charge is 2.62. The second-order valence-corrected chi connectivity index (χ2v) is 14.7. The molecular weight excluding hydrogens is 586 g/mol. The fraction of sp³-hybridized carbons (Fsp3) is 0.815. The van der Waals surface area contributed by atoms with Crippen molar-refractivity contribution in [1.29, 1.82) is 5.26 Å². The largest absolute Gasteiger partial charge is 0.374 e. The van der Waals surface area contributed by atoms with Gasteiger partial charge in [0.15, 0.2) is 6.23 Å². The lowest BCUT2D eigenvalue weighted by atomic mass is 9.91. The van der Waals surface area contributed by atoms with Gasteiger partial charge in [0.1, 0.15) is 12.2 Å². The van der Waals surface area contributed by atoms with Crippen molar-refractivity contribution >= 4 is 16.1 Å². The first kappa shape index (κ1) is 35.0. The van der Waals surface area contributed by atoms with Crippen LogP contribution in [0.15, 0.2) is 21.9 Å². The zero-order chi connectivity index (χ0) is 31.1. The summed E-state index contributed by atoms with van der Waals surface area (Å²) in [5.74, 6) is 0. The molecule has 13 nitrogen and oxygen atoms in total. The molecule has 0 amide bonds.